The van der Waals surface area contributed by atoms with E-state index in [0.29, 0.717) is 5.95 Å². The minimum atomic E-state index is 0.711. The molecule has 0 aromatic carbocycles. The maximum absolute atomic E-state index is 4.26. The van der Waals surface area contributed by atoms with Crippen LogP contribution in [0.4, 0.5) is 5.95 Å². The lowest BCUT2D eigenvalue weighted by Crippen LogP contribution is -2.00. The zero-order valence-corrected chi connectivity index (χ0v) is 9.98. The van der Waals surface area contributed by atoms with Crippen LogP contribution in [-0.4, -0.2) is 26.8 Å². The molecule has 0 atom stereocenters. The van der Waals surface area contributed by atoms with E-state index in [-0.39, 0.29) is 0 Å². The maximum Gasteiger partial charge on any atom is 0.224 e. The Morgan fingerprint density at radius 2 is 2.20 bits per heavy atom. The molecule has 15 heavy (non-hydrogen) atoms. The molecule has 0 saturated heterocycles. The number of halogens is 1. The first kappa shape index (κ1) is 10.1. The van der Waals surface area contributed by atoms with Crippen LogP contribution in [0.3, 0.4) is 0 Å². The molecule has 0 spiro atoms. The largest absolute Gasteiger partial charge is 0.357 e. The van der Waals surface area contributed by atoms with Crippen LogP contribution in [0.15, 0.2) is 22.8 Å². The number of hydrogen-bond donors (Lipinski definition) is 1. The molecular weight excluding hydrogens is 258 g/mol. The molecule has 6 heteroatoms. The molecule has 0 aliphatic rings. The molecule has 2 aromatic heterocycles. The van der Waals surface area contributed by atoms with E-state index in [0.717, 1.165) is 16.0 Å². The molecule has 78 valence electrons. The summed E-state index contributed by atoms with van der Waals surface area (Å²) < 4.78 is 2.76. The van der Waals surface area contributed by atoms with Crippen molar-refractivity contribution in [1.29, 1.82) is 0 Å². The molecule has 0 aliphatic carbocycles. The van der Waals surface area contributed by atoms with Gasteiger partial charge in [0.1, 0.15) is 5.69 Å². The molecular formula is C9H10BrN5. The van der Waals surface area contributed by atoms with Gasteiger partial charge in [0.2, 0.25) is 5.95 Å². The number of nitrogens with zero attached hydrogens (tertiary/aromatic N) is 4. The van der Waals surface area contributed by atoms with E-state index in [9.17, 15) is 0 Å². The zero-order valence-electron chi connectivity index (χ0n) is 8.40. The minimum absolute atomic E-state index is 0.711. The van der Waals surface area contributed by atoms with Crippen LogP contribution in [0.25, 0.3) is 11.5 Å². The lowest BCUT2D eigenvalue weighted by Gasteiger charge is -2.03. The Kier molecular flexibility index (Phi) is 2.68. The summed E-state index contributed by atoms with van der Waals surface area (Å²) in [4.78, 5) is 4.26. The first-order valence-corrected chi connectivity index (χ1v) is 5.21. The van der Waals surface area contributed by atoms with Crippen molar-refractivity contribution < 1.29 is 0 Å². The third kappa shape index (κ3) is 1.72. The van der Waals surface area contributed by atoms with Crippen LogP contribution in [-0.2, 0) is 7.05 Å². The van der Waals surface area contributed by atoms with Crippen molar-refractivity contribution in [1.82, 2.24) is 19.7 Å². The zero-order chi connectivity index (χ0) is 10.8. The highest BCUT2D eigenvalue weighted by molar-refractivity contribution is 9.10. The standard InChI is InChI=1S/C9H10BrN5/c1-11-9-14-13-8(15(9)2)7-6(10)4-3-5-12-7/h3-5H,1-2H3,(H,11,14). The molecule has 1 N–H and O–H groups in total. The summed E-state index contributed by atoms with van der Waals surface area (Å²) in [6.07, 6.45) is 1.73. The van der Waals surface area contributed by atoms with Crippen molar-refractivity contribution in [3.05, 3.63) is 22.8 Å². The van der Waals surface area contributed by atoms with Gasteiger partial charge in [-0.05, 0) is 28.1 Å². The van der Waals surface area contributed by atoms with Gasteiger partial charge < -0.3 is 5.32 Å². The van der Waals surface area contributed by atoms with E-state index in [4.69, 9.17) is 0 Å². The summed E-state index contributed by atoms with van der Waals surface area (Å²) in [6, 6.07) is 3.79. The Morgan fingerprint density at radius 1 is 1.40 bits per heavy atom. The van der Waals surface area contributed by atoms with Crippen LogP contribution in [0, 0.1) is 0 Å². The highest BCUT2D eigenvalue weighted by atomic mass is 79.9. The second-order valence-corrected chi connectivity index (χ2v) is 3.84. The van der Waals surface area contributed by atoms with Gasteiger partial charge in [0, 0.05) is 24.8 Å². The average molecular weight is 268 g/mol. The highest BCUT2D eigenvalue weighted by Gasteiger charge is 2.12. The Labute approximate surface area is 95.7 Å². The first-order chi connectivity index (χ1) is 7.24. The number of aromatic nitrogens is 4. The van der Waals surface area contributed by atoms with Crippen molar-refractivity contribution in [3.8, 4) is 11.5 Å². The van der Waals surface area contributed by atoms with Crippen molar-refractivity contribution in [2.75, 3.05) is 12.4 Å². The van der Waals surface area contributed by atoms with Crippen molar-refractivity contribution in [3.63, 3.8) is 0 Å². The van der Waals surface area contributed by atoms with Crippen molar-refractivity contribution >= 4 is 21.9 Å². The van der Waals surface area contributed by atoms with Crippen LogP contribution in [0.2, 0.25) is 0 Å². The van der Waals surface area contributed by atoms with Crippen molar-refractivity contribution in [2.24, 2.45) is 7.05 Å². The predicted octanol–water partition coefficient (Wildman–Crippen LogP) is 1.68. The van der Waals surface area contributed by atoms with E-state index < -0.39 is 0 Å². The number of nitrogens with one attached hydrogen (secondary N) is 1. The van der Waals surface area contributed by atoms with E-state index >= 15 is 0 Å². The highest BCUT2D eigenvalue weighted by Crippen LogP contribution is 2.24. The molecule has 2 aromatic rings. The van der Waals surface area contributed by atoms with Gasteiger partial charge in [0.25, 0.3) is 0 Å². The average Bonchev–Trinajstić information content (AvgIpc) is 2.60. The Bertz CT molecular complexity index is 479. The lowest BCUT2D eigenvalue weighted by atomic mass is 10.3. The fourth-order valence-corrected chi connectivity index (χ4v) is 1.74. The van der Waals surface area contributed by atoms with E-state index in [2.05, 4.69) is 36.4 Å². The van der Waals surface area contributed by atoms with Crippen LogP contribution >= 0.6 is 15.9 Å². The van der Waals surface area contributed by atoms with Crippen LogP contribution < -0.4 is 5.32 Å². The van der Waals surface area contributed by atoms with Gasteiger partial charge in [-0.15, -0.1) is 10.2 Å². The molecule has 0 unspecified atom stereocenters. The summed E-state index contributed by atoms with van der Waals surface area (Å²) in [5.74, 6) is 1.44. The Hall–Kier alpha value is -1.43. The molecule has 0 saturated carbocycles. The summed E-state index contributed by atoms with van der Waals surface area (Å²) in [6.45, 7) is 0. The summed E-state index contributed by atoms with van der Waals surface area (Å²) in [5.41, 5.74) is 0.786. The van der Waals surface area contributed by atoms with Crippen LogP contribution in [0.5, 0.6) is 0 Å². The molecule has 0 bridgehead atoms. The summed E-state index contributed by atoms with van der Waals surface area (Å²) in [7, 11) is 3.70. The molecule has 0 amide bonds. The minimum Gasteiger partial charge on any atom is -0.357 e. The van der Waals surface area contributed by atoms with Crippen molar-refractivity contribution in [2.45, 2.75) is 0 Å². The molecule has 2 heterocycles. The molecule has 0 fully saturated rings. The number of anilines is 1. The van der Waals surface area contributed by atoms with E-state index in [1.807, 2.05) is 23.7 Å². The third-order valence-corrected chi connectivity index (χ3v) is 2.71. The van der Waals surface area contributed by atoms with Gasteiger partial charge in [-0.25, -0.2) is 0 Å². The fourth-order valence-electron chi connectivity index (χ4n) is 1.30. The number of pyridine rings is 1. The molecule has 5 nitrogen and oxygen atoms in total. The van der Waals surface area contributed by atoms with E-state index in [1.165, 1.54) is 0 Å². The Balaban J connectivity index is 2.55. The maximum atomic E-state index is 4.26. The predicted molar refractivity (Wildman–Crippen MR) is 61.5 cm³/mol. The van der Waals surface area contributed by atoms with Crippen LogP contribution in [0.1, 0.15) is 0 Å². The summed E-state index contributed by atoms with van der Waals surface area (Å²) in [5, 5.41) is 11.0. The second-order valence-electron chi connectivity index (χ2n) is 2.99. The number of rotatable bonds is 2. The fraction of sp³-hybridized carbons (Fsp3) is 0.222. The number of hydrogen-bond acceptors (Lipinski definition) is 4. The van der Waals surface area contributed by atoms with Gasteiger partial charge in [0.05, 0.1) is 0 Å². The van der Waals surface area contributed by atoms with Gasteiger partial charge in [-0.3, -0.25) is 9.55 Å². The molecule has 2 rings (SSSR count). The van der Waals surface area contributed by atoms with Gasteiger partial charge >= 0.3 is 0 Å². The topological polar surface area (TPSA) is 55.6 Å². The van der Waals surface area contributed by atoms with Gasteiger partial charge in [0.15, 0.2) is 5.82 Å². The molecule has 0 aliphatic heterocycles. The SMILES string of the molecule is CNc1nnc(-c2ncccc2Br)n1C. The quantitative estimate of drug-likeness (QED) is 0.900. The normalized spacial score (nSPS) is 10.3. The van der Waals surface area contributed by atoms with Gasteiger partial charge in [-0.2, -0.15) is 0 Å². The molecule has 0 radical (unpaired) electrons. The Morgan fingerprint density at radius 3 is 2.80 bits per heavy atom. The monoisotopic (exact) mass is 267 g/mol. The first-order valence-electron chi connectivity index (χ1n) is 4.42. The van der Waals surface area contributed by atoms with E-state index in [1.54, 1.807) is 13.2 Å². The second kappa shape index (κ2) is 3.98. The summed E-state index contributed by atoms with van der Waals surface area (Å²) >= 11 is 3.43. The smallest absolute Gasteiger partial charge is 0.224 e. The third-order valence-electron chi connectivity index (χ3n) is 2.07. The lowest BCUT2D eigenvalue weighted by molar-refractivity contribution is 0.918. The van der Waals surface area contributed by atoms with Gasteiger partial charge in [-0.1, -0.05) is 0 Å².